The number of rotatable bonds is 7. The molecule has 0 fully saturated rings. The summed E-state index contributed by atoms with van der Waals surface area (Å²) in [7, 11) is 0. The van der Waals surface area contributed by atoms with E-state index in [4.69, 9.17) is 9.47 Å². The molecular formula is C21H21N3O3S. The van der Waals surface area contributed by atoms with Gasteiger partial charge in [0.1, 0.15) is 0 Å². The topological polar surface area (TPSA) is 64.6 Å². The predicted octanol–water partition coefficient (Wildman–Crippen LogP) is 3.93. The van der Waals surface area contributed by atoms with Gasteiger partial charge in [0.25, 0.3) is 5.91 Å². The van der Waals surface area contributed by atoms with Crippen LogP contribution in [0.1, 0.15) is 35.0 Å². The number of ether oxygens (including phenoxy) is 2. The van der Waals surface area contributed by atoms with Gasteiger partial charge >= 0.3 is 0 Å². The van der Waals surface area contributed by atoms with Crippen molar-refractivity contribution in [1.82, 2.24) is 14.5 Å². The second-order valence-electron chi connectivity index (χ2n) is 6.75. The fourth-order valence-electron chi connectivity index (χ4n) is 3.31. The summed E-state index contributed by atoms with van der Waals surface area (Å²) in [5, 5.41) is 5.66. The van der Waals surface area contributed by atoms with Crippen molar-refractivity contribution in [3.63, 3.8) is 0 Å². The lowest BCUT2D eigenvalue weighted by molar-refractivity contribution is 0.0659. The van der Waals surface area contributed by atoms with E-state index in [1.807, 2.05) is 41.3 Å². The molecule has 0 bridgehead atoms. The number of carbonyl (C=O) groups excluding carboxylic acids is 1. The summed E-state index contributed by atoms with van der Waals surface area (Å²) < 4.78 is 14.9. The van der Waals surface area contributed by atoms with Gasteiger partial charge in [-0.25, -0.2) is 0 Å². The maximum Gasteiger partial charge on any atom is 0.275 e. The van der Waals surface area contributed by atoms with Gasteiger partial charge in [0, 0.05) is 17.0 Å². The highest BCUT2D eigenvalue weighted by Gasteiger charge is 2.26. The van der Waals surface area contributed by atoms with Gasteiger partial charge in [0.2, 0.25) is 6.79 Å². The average Bonchev–Trinajstić information content (AvgIpc) is 3.42. The Morgan fingerprint density at radius 2 is 2.04 bits per heavy atom. The zero-order valence-corrected chi connectivity index (χ0v) is 16.4. The number of hydrogen-bond acceptors (Lipinski definition) is 6. The molecule has 1 aliphatic heterocycles. The normalized spacial score (nSPS) is 13.3. The number of aryl methyl sites for hydroxylation is 1. The molecule has 0 spiro atoms. The third-order valence-electron chi connectivity index (χ3n) is 4.88. The van der Waals surface area contributed by atoms with Crippen molar-refractivity contribution in [2.45, 2.75) is 32.4 Å². The molecule has 1 atom stereocenters. The van der Waals surface area contributed by atoms with Crippen LogP contribution in [-0.4, -0.2) is 33.2 Å². The molecule has 4 rings (SSSR count). The molecule has 144 valence electrons. The van der Waals surface area contributed by atoms with Crippen molar-refractivity contribution in [3.8, 4) is 11.5 Å². The minimum absolute atomic E-state index is 0.0209. The van der Waals surface area contributed by atoms with Crippen LogP contribution in [-0.2, 0) is 13.0 Å². The molecule has 0 N–H and O–H groups in total. The molecule has 0 unspecified atom stereocenters. The SMILES string of the molecule is C[C@H](CCc1ccccc1)N(Cc1cccc2c1OCO2)C(=O)c1csnn1. The number of hydrogen-bond donors (Lipinski definition) is 0. The van der Waals surface area contributed by atoms with Crippen LogP contribution in [0.2, 0.25) is 0 Å². The Hall–Kier alpha value is -2.93. The van der Waals surface area contributed by atoms with Crippen LogP contribution >= 0.6 is 11.5 Å². The zero-order valence-electron chi connectivity index (χ0n) is 15.6. The van der Waals surface area contributed by atoms with Crippen LogP contribution in [0.5, 0.6) is 11.5 Å². The first kappa shape index (κ1) is 18.4. The van der Waals surface area contributed by atoms with Crippen LogP contribution in [0.3, 0.4) is 0 Å². The highest BCUT2D eigenvalue weighted by Crippen LogP contribution is 2.36. The largest absolute Gasteiger partial charge is 0.454 e. The van der Waals surface area contributed by atoms with Gasteiger partial charge < -0.3 is 14.4 Å². The van der Waals surface area contributed by atoms with Gasteiger partial charge in [-0.3, -0.25) is 4.79 Å². The van der Waals surface area contributed by atoms with Crippen molar-refractivity contribution in [3.05, 3.63) is 70.7 Å². The quantitative estimate of drug-likeness (QED) is 0.606. The lowest BCUT2D eigenvalue weighted by atomic mass is 10.0. The number of benzene rings is 2. The van der Waals surface area contributed by atoms with E-state index in [-0.39, 0.29) is 18.7 Å². The van der Waals surface area contributed by atoms with Crippen LogP contribution in [0.4, 0.5) is 0 Å². The molecular weight excluding hydrogens is 374 g/mol. The lowest BCUT2D eigenvalue weighted by Gasteiger charge is -2.29. The molecule has 1 amide bonds. The minimum Gasteiger partial charge on any atom is -0.454 e. The summed E-state index contributed by atoms with van der Waals surface area (Å²) in [6.07, 6.45) is 1.74. The molecule has 28 heavy (non-hydrogen) atoms. The zero-order chi connectivity index (χ0) is 19.3. The Balaban J connectivity index is 1.55. The molecule has 0 saturated heterocycles. The van der Waals surface area contributed by atoms with Crippen molar-refractivity contribution < 1.29 is 14.3 Å². The van der Waals surface area contributed by atoms with Gasteiger partial charge in [0.05, 0.1) is 6.54 Å². The van der Waals surface area contributed by atoms with E-state index in [2.05, 4.69) is 28.6 Å². The molecule has 2 aromatic carbocycles. The number of aromatic nitrogens is 2. The average molecular weight is 395 g/mol. The third-order valence-corrected chi connectivity index (χ3v) is 5.39. The standard InChI is InChI=1S/C21H21N3O3S/c1-15(10-11-16-6-3-2-4-7-16)24(21(25)18-13-28-23-22-18)12-17-8-5-9-19-20(17)27-14-26-19/h2-9,13,15H,10-12,14H2,1H3/t15-/m1/s1. The Morgan fingerprint density at radius 3 is 2.82 bits per heavy atom. The van der Waals surface area contributed by atoms with E-state index in [1.54, 1.807) is 5.38 Å². The molecule has 1 aromatic heterocycles. The van der Waals surface area contributed by atoms with Crippen molar-refractivity contribution in [2.24, 2.45) is 0 Å². The second-order valence-corrected chi connectivity index (χ2v) is 7.36. The third kappa shape index (κ3) is 3.99. The van der Waals surface area contributed by atoms with E-state index in [1.165, 1.54) is 17.1 Å². The van der Waals surface area contributed by atoms with E-state index < -0.39 is 0 Å². The molecule has 0 radical (unpaired) electrons. The molecule has 3 aromatic rings. The summed E-state index contributed by atoms with van der Waals surface area (Å²) in [5.41, 5.74) is 2.56. The van der Waals surface area contributed by atoms with Gasteiger partial charge in [-0.2, -0.15) is 0 Å². The number of amides is 1. The highest BCUT2D eigenvalue weighted by molar-refractivity contribution is 7.03. The number of nitrogens with zero attached hydrogens (tertiary/aromatic N) is 3. The van der Waals surface area contributed by atoms with Crippen LogP contribution in [0.25, 0.3) is 0 Å². The first-order valence-electron chi connectivity index (χ1n) is 9.22. The minimum atomic E-state index is -0.120. The highest BCUT2D eigenvalue weighted by atomic mass is 32.1. The van der Waals surface area contributed by atoms with Crippen LogP contribution in [0.15, 0.2) is 53.9 Å². The van der Waals surface area contributed by atoms with Crippen molar-refractivity contribution >= 4 is 17.4 Å². The summed E-state index contributed by atoms with van der Waals surface area (Å²) in [4.78, 5) is 15.0. The Bertz CT molecular complexity index is 931. The van der Waals surface area contributed by atoms with E-state index in [0.717, 1.165) is 24.2 Å². The van der Waals surface area contributed by atoms with E-state index in [0.29, 0.717) is 18.0 Å². The molecule has 2 heterocycles. The molecule has 7 heteroatoms. The summed E-state index contributed by atoms with van der Waals surface area (Å²) in [6, 6.07) is 16.1. The molecule has 0 saturated carbocycles. The van der Waals surface area contributed by atoms with Crippen LogP contribution in [0, 0.1) is 0 Å². The Morgan fingerprint density at radius 1 is 1.18 bits per heavy atom. The molecule has 0 aliphatic carbocycles. The summed E-state index contributed by atoms with van der Waals surface area (Å²) in [5.74, 6) is 1.31. The number of fused-ring (bicyclic) bond motifs is 1. The van der Waals surface area contributed by atoms with E-state index in [9.17, 15) is 4.79 Å². The number of carbonyl (C=O) groups is 1. The van der Waals surface area contributed by atoms with Gasteiger partial charge in [-0.15, -0.1) is 5.10 Å². The Labute approximate surface area is 167 Å². The van der Waals surface area contributed by atoms with E-state index >= 15 is 0 Å². The van der Waals surface area contributed by atoms with Crippen molar-refractivity contribution in [1.29, 1.82) is 0 Å². The van der Waals surface area contributed by atoms with Gasteiger partial charge in [-0.1, -0.05) is 47.0 Å². The smallest absolute Gasteiger partial charge is 0.275 e. The maximum absolute atomic E-state index is 13.1. The molecule has 6 nitrogen and oxygen atoms in total. The Kier molecular flexibility index (Phi) is 5.53. The fourth-order valence-corrected chi connectivity index (χ4v) is 3.74. The summed E-state index contributed by atoms with van der Waals surface area (Å²) in [6.45, 7) is 2.71. The van der Waals surface area contributed by atoms with Crippen molar-refractivity contribution in [2.75, 3.05) is 6.79 Å². The first-order chi connectivity index (χ1) is 13.7. The first-order valence-corrected chi connectivity index (χ1v) is 10.1. The fraction of sp³-hybridized carbons (Fsp3) is 0.286. The number of para-hydroxylation sites is 1. The monoisotopic (exact) mass is 395 g/mol. The van der Waals surface area contributed by atoms with Gasteiger partial charge in [-0.05, 0) is 42.9 Å². The van der Waals surface area contributed by atoms with Crippen LogP contribution < -0.4 is 9.47 Å². The van der Waals surface area contributed by atoms with Gasteiger partial charge in [0.15, 0.2) is 17.2 Å². The predicted molar refractivity (Wildman–Crippen MR) is 107 cm³/mol. The maximum atomic E-state index is 13.1. The second kappa shape index (κ2) is 8.39. The molecule has 1 aliphatic rings. The summed E-state index contributed by atoms with van der Waals surface area (Å²) >= 11 is 1.18. The lowest BCUT2D eigenvalue weighted by Crippen LogP contribution is -2.38.